The summed E-state index contributed by atoms with van der Waals surface area (Å²) < 4.78 is 1.63. The van der Waals surface area contributed by atoms with Crippen LogP contribution in [0.1, 0.15) is 47.2 Å². The molecule has 2 unspecified atom stereocenters. The lowest BCUT2D eigenvalue weighted by Crippen LogP contribution is -2.42. The molecule has 1 aromatic heterocycles. The van der Waals surface area contributed by atoms with Crippen LogP contribution < -0.4 is 5.32 Å². The van der Waals surface area contributed by atoms with E-state index >= 15 is 0 Å². The number of aromatic nitrogens is 2. The molecule has 2 heterocycles. The maximum Gasteiger partial charge on any atom is 0.254 e. The molecule has 2 aromatic rings. The van der Waals surface area contributed by atoms with Crippen molar-refractivity contribution >= 4 is 11.8 Å². The molecule has 152 valence electrons. The molecule has 1 aromatic carbocycles. The van der Waals surface area contributed by atoms with Crippen LogP contribution in [-0.4, -0.2) is 46.1 Å². The van der Waals surface area contributed by atoms with Crippen molar-refractivity contribution in [3.63, 3.8) is 0 Å². The van der Waals surface area contributed by atoms with Crippen LogP contribution in [0.5, 0.6) is 0 Å². The monoisotopic (exact) mass is 392 g/mol. The number of carbonyl (C=O) groups excluding carboxylic acids is 2. The number of hydrogen-bond acceptors (Lipinski definition) is 3. The highest BCUT2D eigenvalue weighted by molar-refractivity contribution is 5.93. The van der Waals surface area contributed by atoms with Crippen LogP contribution in [0.2, 0.25) is 0 Å². The summed E-state index contributed by atoms with van der Waals surface area (Å²) in [6.07, 6.45) is 8.47. The zero-order valence-electron chi connectivity index (χ0n) is 16.9. The molecular weight excluding hydrogens is 364 g/mol. The Morgan fingerprint density at radius 3 is 2.79 bits per heavy atom. The number of nitrogens with one attached hydrogen (secondary N) is 1. The number of carbonyl (C=O) groups is 2. The molecule has 1 saturated carbocycles. The van der Waals surface area contributed by atoms with Gasteiger partial charge in [0.15, 0.2) is 0 Å². The van der Waals surface area contributed by atoms with Crippen molar-refractivity contribution in [2.45, 2.75) is 37.5 Å². The first-order valence-electron chi connectivity index (χ1n) is 10.7. The van der Waals surface area contributed by atoms with Crippen molar-refractivity contribution in [1.82, 2.24) is 20.0 Å². The van der Waals surface area contributed by atoms with Gasteiger partial charge in [0.05, 0.1) is 11.8 Å². The second-order valence-electron chi connectivity index (χ2n) is 8.95. The number of fused-ring (bicyclic) bond motifs is 2. The molecule has 0 bridgehead atoms. The van der Waals surface area contributed by atoms with Gasteiger partial charge >= 0.3 is 0 Å². The Kier molecular flexibility index (Phi) is 4.45. The van der Waals surface area contributed by atoms with Gasteiger partial charge in [-0.05, 0) is 49.1 Å². The molecule has 2 aliphatic carbocycles. The molecule has 2 atom stereocenters. The SMILES string of the molecule is Cn1cc(C(=O)NCC2CCN(C(=O)C3CC34CCc3ccccc34)CC2)cn1. The predicted octanol–water partition coefficient (Wildman–Crippen LogP) is 2.29. The van der Waals surface area contributed by atoms with Crippen LogP contribution in [0, 0.1) is 11.8 Å². The molecule has 3 aliphatic rings. The Labute approximate surface area is 171 Å². The van der Waals surface area contributed by atoms with Crippen LogP contribution in [0.3, 0.4) is 0 Å². The van der Waals surface area contributed by atoms with Crippen LogP contribution in [0.25, 0.3) is 0 Å². The summed E-state index contributed by atoms with van der Waals surface area (Å²) >= 11 is 0. The predicted molar refractivity (Wildman–Crippen MR) is 109 cm³/mol. The van der Waals surface area contributed by atoms with E-state index in [0.717, 1.165) is 45.2 Å². The number of aryl methyl sites for hydroxylation is 2. The summed E-state index contributed by atoms with van der Waals surface area (Å²) in [5.41, 5.74) is 3.58. The number of nitrogens with zero attached hydrogens (tertiary/aromatic N) is 3. The van der Waals surface area contributed by atoms with E-state index in [9.17, 15) is 9.59 Å². The molecule has 2 fully saturated rings. The van der Waals surface area contributed by atoms with Crippen molar-refractivity contribution in [3.05, 3.63) is 53.3 Å². The molecule has 1 saturated heterocycles. The molecule has 6 nitrogen and oxygen atoms in total. The van der Waals surface area contributed by atoms with Gasteiger partial charge in [-0.25, -0.2) is 0 Å². The van der Waals surface area contributed by atoms with Gasteiger partial charge in [0.2, 0.25) is 5.91 Å². The summed E-state index contributed by atoms with van der Waals surface area (Å²) in [7, 11) is 1.80. The first-order chi connectivity index (χ1) is 14.1. The number of amides is 2. The van der Waals surface area contributed by atoms with Crippen LogP contribution >= 0.6 is 0 Å². The second kappa shape index (κ2) is 7.01. The normalized spacial score (nSPS) is 25.8. The highest BCUT2D eigenvalue weighted by Crippen LogP contribution is 2.62. The second-order valence-corrected chi connectivity index (χ2v) is 8.95. The minimum Gasteiger partial charge on any atom is -0.352 e. The Balaban J connectivity index is 1.12. The van der Waals surface area contributed by atoms with Gasteiger partial charge in [-0.2, -0.15) is 5.10 Å². The van der Waals surface area contributed by atoms with E-state index in [1.54, 1.807) is 24.1 Å². The molecular formula is C23H28N4O2. The van der Waals surface area contributed by atoms with Gasteiger partial charge in [-0.1, -0.05) is 24.3 Å². The van der Waals surface area contributed by atoms with Crippen molar-refractivity contribution in [2.24, 2.45) is 18.9 Å². The standard InChI is InChI=1S/C23H28N4O2/c1-26-15-18(14-25-26)21(28)24-13-16-7-10-27(11-8-16)22(29)20-12-23(20)9-6-17-4-2-3-5-19(17)23/h2-5,14-16,20H,6-13H2,1H3,(H,24,28). The zero-order valence-corrected chi connectivity index (χ0v) is 16.9. The average Bonchev–Trinajstić information content (AvgIpc) is 3.12. The average molecular weight is 393 g/mol. The van der Waals surface area contributed by atoms with Gasteiger partial charge in [0.1, 0.15) is 0 Å². The molecule has 2 amide bonds. The number of piperidine rings is 1. The lowest BCUT2D eigenvalue weighted by Gasteiger charge is -2.32. The van der Waals surface area contributed by atoms with Gasteiger partial charge in [0, 0.05) is 44.2 Å². The van der Waals surface area contributed by atoms with E-state index in [-0.39, 0.29) is 17.2 Å². The lowest BCUT2D eigenvalue weighted by atomic mass is 9.93. The number of rotatable bonds is 4. The summed E-state index contributed by atoms with van der Waals surface area (Å²) in [6.45, 7) is 2.28. The molecule has 0 radical (unpaired) electrons. The van der Waals surface area contributed by atoms with E-state index in [0.29, 0.717) is 23.9 Å². The summed E-state index contributed by atoms with van der Waals surface area (Å²) in [5, 5.41) is 7.06. The van der Waals surface area contributed by atoms with Gasteiger partial charge in [-0.3, -0.25) is 14.3 Å². The number of likely N-dealkylation sites (tertiary alicyclic amines) is 1. The van der Waals surface area contributed by atoms with E-state index < -0.39 is 0 Å². The fourth-order valence-corrected chi connectivity index (χ4v) is 5.37. The van der Waals surface area contributed by atoms with E-state index in [2.05, 4.69) is 39.6 Å². The summed E-state index contributed by atoms with van der Waals surface area (Å²) in [5.74, 6) is 0.879. The van der Waals surface area contributed by atoms with Crippen LogP contribution in [-0.2, 0) is 23.7 Å². The van der Waals surface area contributed by atoms with Gasteiger partial charge in [-0.15, -0.1) is 0 Å². The molecule has 1 N–H and O–H groups in total. The topological polar surface area (TPSA) is 67.2 Å². The quantitative estimate of drug-likeness (QED) is 0.868. The van der Waals surface area contributed by atoms with Crippen LogP contribution in [0.4, 0.5) is 0 Å². The third kappa shape index (κ3) is 3.24. The minimum absolute atomic E-state index is 0.0728. The molecule has 6 heteroatoms. The Bertz CT molecular complexity index is 944. The van der Waals surface area contributed by atoms with E-state index in [1.807, 2.05) is 0 Å². The molecule has 1 spiro atoms. The van der Waals surface area contributed by atoms with Crippen molar-refractivity contribution < 1.29 is 9.59 Å². The zero-order chi connectivity index (χ0) is 20.0. The fraction of sp³-hybridized carbons (Fsp3) is 0.522. The number of hydrogen-bond donors (Lipinski definition) is 1. The minimum atomic E-state index is -0.0728. The Morgan fingerprint density at radius 1 is 1.24 bits per heavy atom. The van der Waals surface area contributed by atoms with Gasteiger partial charge in [0.25, 0.3) is 5.91 Å². The van der Waals surface area contributed by atoms with E-state index in [1.165, 1.54) is 11.1 Å². The highest BCUT2D eigenvalue weighted by atomic mass is 16.2. The summed E-state index contributed by atoms with van der Waals surface area (Å²) in [6, 6.07) is 8.66. The van der Waals surface area contributed by atoms with Crippen molar-refractivity contribution in [1.29, 1.82) is 0 Å². The van der Waals surface area contributed by atoms with Crippen molar-refractivity contribution in [2.75, 3.05) is 19.6 Å². The van der Waals surface area contributed by atoms with Crippen LogP contribution in [0.15, 0.2) is 36.7 Å². The molecule has 29 heavy (non-hydrogen) atoms. The molecule has 5 rings (SSSR count). The fourth-order valence-electron chi connectivity index (χ4n) is 5.37. The van der Waals surface area contributed by atoms with Gasteiger partial charge < -0.3 is 10.2 Å². The maximum absolute atomic E-state index is 13.1. The largest absolute Gasteiger partial charge is 0.352 e. The first-order valence-corrected chi connectivity index (χ1v) is 10.7. The lowest BCUT2D eigenvalue weighted by molar-refractivity contribution is -0.134. The Hall–Kier alpha value is -2.63. The summed E-state index contributed by atoms with van der Waals surface area (Å²) in [4.78, 5) is 27.4. The first kappa shape index (κ1) is 18.4. The number of benzene rings is 1. The molecule has 1 aliphatic heterocycles. The Morgan fingerprint density at radius 2 is 2.03 bits per heavy atom. The maximum atomic E-state index is 13.1. The third-order valence-electron chi connectivity index (χ3n) is 7.21. The smallest absolute Gasteiger partial charge is 0.254 e. The third-order valence-corrected chi connectivity index (χ3v) is 7.21. The highest BCUT2D eigenvalue weighted by Gasteiger charge is 2.62. The van der Waals surface area contributed by atoms with Crippen molar-refractivity contribution in [3.8, 4) is 0 Å². The van der Waals surface area contributed by atoms with E-state index in [4.69, 9.17) is 0 Å².